The molecule has 0 amide bonds. The number of nitrogens with two attached hydrogens (primary N) is 1. The summed E-state index contributed by atoms with van der Waals surface area (Å²) in [6.45, 7) is 3.05. The van der Waals surface area contributed by atoms with E-state index in [-0.39, 0.29) is 0 Å². The van der Waals surface area contributed by atoms with Gasteiger partial charge in [0.25, 0.3) is 0 Å². The third-order valence-corrected chi connectivity index (χ3v) is 3.01. The Hall–Kier alpha value is -2.43. The van der Waals surface area contributed by atoms with Crippen molar-refractivity contribution in [3.05, 3.63) is 36.8 Å². The molecule has 0 fully saturated rings. The van der Waals surface area contributed by atoms with Gasteiger partial charge in [0.1, 0.15) is 11.2 Å². The van der Waals surface area contributed by atoms with Crippen molar-refractivity contribution in [2.45, 2.75) is 19.9 Å². The van der Waals surface area contributed by atoms with Crippen LogP contribution in [-0.4, -0.2) is 19.5 Å². The average molecular weight is 253 g/mol. The van der Waals surface area contributed by atoms with Crippen LogP contribution in [0, 0.1) is 0 Å². The lowest BCUT2D eigenvalue weighted by molar-refractivity contribution is 0.702. The van der Waals surface area contributed by atoms with Gasteiger partial charge in [-0.1, -0.05) is 6.92 Å². The molecule has 0 saturated carbocycles. The fraction of sp³-hybridized carbons (Fsp3) is 0.214. The van der Waals surface area contributed by atoms with Gasteiger partial charge in [0.15, 0.2) is 5.82 Å². The SMILES string of the molecule is CCCn1c(-c2ccc(N)cn2)nc2cnccc21. The molecule has 0 radical (unpaired) electrons. The van der Waals surface area contributed by atoms with Crippen LogP contribution in [0.2, 0.25) is 0 Å². The predicted octanol–water partition coefficient (Wildman–Crippen LogP) is 2.49. The van der Waals surface area contributed by atoms with E-state index < -0.39 is 0 Å². The highest BCUT2D eigenvalue weighted by Crippen LogP contribution is 2.23. The Labute approximate surface area is 111 Å². The monoisotopic (exact) mass is 253 g/mol. The quantitative estimate of drug-likeness (QED) is 0.778. The molecule has 0 unspecified atom stereocenters. The van der Waals surface area contributed by atoms with Gasteiger partial charge in [-0.3, -0.25) is 9.97 Å². The molecule has 3 rings (SSSR count). The Morgan fingerprint density at radius 3 is 2.84 bits per heavy atom. The number of anilines is 1. The molecule has 19 heavy (non-hydrogen) atoms. The van der Waals surface area contributed by atoms with Crippen molar-refractivity contribution < 1.29 is 0 Å². The topological polar surface area (TPSA) is 69.6 Å². The van der Waals surface area contributed by atoms with E-state index in [9.17, 15) is 0 Å². The maximum absolute atomic E-state index is 5.68. The van der Waals surface area contributed by atoms with Crippen LogP contribution in [0.15, 0.2) is 36.8 Å². The summed E-state index contributed by atoms with van der Waals surface area (Å²) in [7, 11) is 0. The zero-order valence-electron chi connectivity index (χ0n) is 10.7. The van der Waals surface area contributed by atoms with E-state index in [0.717, 1.165) is 35.5 Å². The van der Waals surface area contributed by atoms with E-state index in [4.69, 9.17) is 5.73 Å². The fourth-order valence-corrected chi connectivity index (χ4v) is 2.16. The summed E-state index contributed by atoms with van der Waals surface area (Å²) in [5.41, 5.74) is 9.15. The van der Waals surface area contributed by atoms with Crippen molar-refractivity contribution >= 4 is 16.7 Å². The van der Waals surface area contributed by atoms with Gasteiger partial charge < -0.3 is 10.3 Å². The minimum Gasteiger partial charge on any atom is -0.397 e. The highest BCUT2D eigenvalue weighted by atomic mass is 15.1. The molecule has 5 nitrogen and oxygen atoms in total. The molecule has 0 aliphatic heterocycles. The van der Waals surface area contributed by atoms with Crippen molar-refractivity contribution in [1.29, 1.82) is 0 Å². The Bertz CT molecular complexity index is 699. The summed E-state index contributed by atoms with van der Waals surface area (Å²) in [6, 6.07) is 5.73. The molecular formula is C14H15N5. The summed E-state index contributed by atoms with van der Waals surface area (Å²) >= 11 is 0. The van der Waals surface area contributed by atoms with Gasteiger partial charge in [-0.2, -0.15) is 0 Å². The minimum absolute atomic E-state index is 0.656. The second kappa shape index (κ2) is 4.68. The highest BCUT2D eigenvalue weighted by molar-refractivity contribution is 5.79. The number of nitrogens with zero attached hydrogens (tertiary/aromatic N) is 4. The first-order valence-corrected chi connectivity index (χ1v) is 6.31. The lowest BCUT2D eigenvalue weighted by Crippen LogP contribution is -2.01. The number of imidazole rings is 1. The van der Waals surface area contributed by atoms with Crippen molar-refractivity contribution in [1.82, 2.24) is 19.5 Å². The lowest BCUT2D eigenvalue weighted by atomic mass is 10.3. The molecule has 5 heteroatoms. The van der Waals surface area contributed by atoms with Crippen LogP contribution in [0.4, 0.5) is 5.69 Å². The summed E-state index contributed by atoms with van der Waals surface area (Å²) in [5.74, 6) is 0.866. The number of rotatable bonds is 3. The third-order valence-electron chi connectivity index (χ3n) is 3.01. The number of hydrogen-bond donors (Lipinski definition) is 1. The third kappa shape index (κ3) is 2.03. The van der Waals surface area contributed by atoms with Crippen LogP contribution in [0.3, 0.4) is 0 Å². The van der Waals surface area contributed by atoms with Crippen LogP contribution in [0.1, 0.15) is 13.3 Å². The summed E-state index contributed by atoms with van der Waals surface area (Å²) in [5, 5.41) is 0. The molecule has 3 heterocycles. The highest BCUT2D eigenvalue weighted by Gasteiger charge is 2.12. The molecule has 0 aliphatic rings. The largest absolute Gasteiger partial charge is 0.397 e. The molecular weight excluding hydrogens is 238 g/mol. The second-order valence-electron chi connectivity index (χ2n) is 4.43. The smallest absolute Gasteiger partial charge is 0.159 e. The van der Waals surface area contributed by atoms with E-state index in [2.05, 4.69) is 26.4 Å². The number of aromatic nitrogens is 4. The average Bonchev–Trinajstić information content (AvgIpc) is 2.79. The predicted molar refractivity (Wildman–Crippen MR) is 75.5 cm³/mol. The molecule has 0 atom stereocenters. The molecule has 3 aromatic rings. The van der Waals surface area contributed by atoms with Gasteiger partial charge in [-0.25, -0.2) is 4.98 Å². The van der Waals surface area contributed by atoms with Crippen LogP contribution < -0.4 is 5.73 Å². The molecule has 0 saturated heterocycles. The molecule has 0 bridgehead atoms. The van der Waals surface area contributed by atoms with Crippen LogP contribution >= 0.6 is 0 Å². The van der Waals surface area contributed by atoms with Gasteiger partial charge in [0, 0.05) is 12.7 Å². The Morgan fingerprint density at radius 2 is 2.11 bits per heavy atom. The maximum Gasteiger partial charge on any atom is 0.159 e. The first kappa shape index (κ1) is 11.6. The Kier molecular flexibility index (Phi) is 2.87. The van der Waals surface area contributed by atoms with Gasteiger partial charge >= 0.3 is 0 Å². The van der Waals surface area contributed by atoms with Gasteiger partial charge in [0.05, 0.1) is 23.6 Å². The number of aryl methyl sites for hydroxylation is 1. The number of fused-ring (bicyclic) bond motifs is 1. The number of pyridine rings is 2. The zero-order valence-corrected chi connectivity index (χ0v) is 10.7. The van der Waals surface area contributed by atoms with Crippen molar-refractivity contribution in [2.24, 2.45) is 0 Å². The van der Waals surface area contributed by atoms with E-state index in [0.29, 0.717) is 5.69 Å². The Morgan fingerprint density at radius 1 is 1.21 bits per heavy atom. The van der Waals surface area contributed by atoms with Crippen molar-refractivity contribution in [3.63, 3.8) is 0 Å². The lowest BCUT2D eigenvalue weighted by Gasteiger charge is -2.07. The summed E-state index contributed by atoms with van der Waals surface area (Å²) in [6.07, 6.45) is 6.26. The van der Waals surface area contributed by atoms with Crippen molar-refractivity contribution in [3.8, 4) is 11.5 Å². The fourth-order valence-electron chi connectivity index (χ4n) is 2.16. The molecule has 0 aromatic carbocycles. The van der Waals surface area contributed by atoms with E-state index in [1.54, 1.807) is 18.6 Å². The van der Waals surface area contributed by atoms with Gasteiger partial charge in [-0.15, -0.1) is 0 Å². The zero-order chi connectivity index (χ0) is 13.2. The summed E-state index contributed by atoms with van der Waals surface area (Å²) in [4.78, 5) is 13.1. The van der Waals surface area contributed by atoms with Crippen LogP contribution in [-0.2, 0) is 6.54 Å². The van der Waals surface area contributed by atoms with E-state index >= 15 is 0 Å². The van der Waals surface area contributed by atoms with Crippen LogP contribution in [0.5, 0.6) is 0 Å². The second-order valence-corrected chi connectivity index (χ2v) is 4.43. The number of hydrogen-bond acceptors (Lipinski definition) is 4. The molecule has 0 spiro atoms. The maximum atomic E-state index is 5.68. The minimum atomic E-state index is 0.656. The first-order chi connectivity index (χ1) is 9.29. The van der Waals surface area contributed by atoms with Gasteiger partial charge in [-0.05, 0) is 24.6 Å². The van der Waals surface area contributed by atoms with E-state index in [1.165, 1.54) is 0 Å². The van der Waals surface area contributed by atoms with Crippen LogP contribution in [0.25, 0.3) is 22.6 Å². The summed E-state index contributed by atoms with van der Waals surface area (Å²) < 4.78 is 2.18. The molecule has 96 valence electrons. The standard InChI is InChI=1S/C14H15N5/c1-2-7-19-13-5-6-16-9-12(13)18-14(19)11-4-3-10(15)8-17-11/h3-6,8-9H,2,7,15H2,1H3. The molecule has 0 aliphatic carbocycles. The molecule has 3 aromatic heterocycles. The van der Waals surface area contributed by atoms with E-state index in [1.807, 2.05) is 18.2 Å². The first-order valence-electron chi connectivity index (χ1n) is 6.31. The Balaban J connectivity index is 2.21. The van der Waals surface area contributed by atoms with Gasteiger partial charge in [0.2, 0.25) is 0 Å². The molecule has 2 N–H and O–H groups in total. The number of nitrogen functional groups attached to an aromatic ring is 1. The van der Waals surface area contributed by atoms with Crippen molar-refractivity contribution in [2.75, 3.05) is 5.73 Å². The normalized spacial score (nSPS) is 11.0.